The first kappa shape index (κ1) is 15.7. The fraction of sp³-hybridized carbons (Fsp3) is 0.444. The van der Waals surface area contributed by atoms with Crippen molar-refractivity contribution in [3.63, 3.8) is 0 Å². The van der Waals surface area contributed by atoms with E-state index in [0.29, 0.717) is 18.5 Å². The highest BCUT2D eigenvalue weighted by molar-refractivity contribution is 5.78. The van der Waals surface area contributed by atoms with Crippen molar-refractivity contribution in [1.82, 2.24) is 15.2 Å². The van der Waals surface area contributed by atoms with Crippen LogP contribution < -0.4 is 10.9 Å². The number of nitrogens with one attached hydrogen (secondary N) is 2. The van der Waals surface area contributed by atoms with Gasteiger partial charge in [-0.1, -0.05) is 25.1 Å². The van der Waals surface area contributed by atoms with Crippen LogP contribution in [0, 0.1) is 5.92 Å². The summed E-state index contributed by atoms with van der Waals surface area (Å²) in [5.74, 6) is 0.522. The quantitative estimate of drug-likeness (QED) is 0.909. The largest absolute Gasteiger partial charge is 0.343 e. The van der Waals surface area contributed by atoms with Crippen molar-refractivity contribution in [2.24, 2.45) is 5.92 Å². The number of nitrogens with zero attached hydrogens (tertiary/aromatic N) is 1. The molecule has 3 rings (SSSR count). The molecule has 2 atom stereocenters. The first-order valence-corrected chi connectivity index (χ1v) is 8.14. The lowest BCUT2D eigenvalue weighted by molar-refractivity contribution is -0.130. The van der Waals surface area contributed by atoms with Gasteiger partial charge in [0.2, 0.25) is 5.91 Å². The molecule has 122 valence electrons. The minimum Gasteiger partial charge on any atom is -0.343 e. The molecule has 0 saturated carbocycles. The van der Waals surface area contributed by atoms with Gasteiger partial charge in [-0.15, -0.1) is 0 Å². The number of carbonyl (C=O) groups excluding carboxylic acids is 1. The monoisotopic (exact) mass is 313 g/mol. The molecule has 0 unspecified atom stereocenters. The molecular weight excluding hydrogens is 290 g/mol. The number of aromatic amines is 1. The molecule has 0 spiro atoms. The van der Waals surface area contributed by atoms with Gasteiger partial charge in [0, 0.05) is 43.7 Å². The van der Waals surface area contributed by atoms with E-state index >= 15 is 0 Å². The third-order valence-electron chi connectivity index (χ3n) is 4.74. The molecule has 1 aromatic carbocycles. The van der Waals surface area contributed by atoms with E-state index in [1.54, 1.807) is 6.92 Å². The van der Waals surface area contributed by atoms with Gasteiger partial charge in [-0.2, -0.15) is 0 Å². The molecule has 5 nitrogen and oxygen atoms in total. The smallest absolute Gasteiger partial charge is 0.252 e. The first-order chi connectivity index (χ1) is 11.0. The number of hydrogen-bond acceptors (Lipinski definition) is 3. The summed E-state index contributed by atoms with van der Waals surface area (Å²) in [5, 5.41) is 4.54. The van der Waals surface area contributed by atoms with E-state index in [9.17, 15) is 9.59 Å². The van der Waals surface area contributed by atoms with Crippen LogP contribution in [0.4, 0.5) is 0 Å². The number of benzene rings is 1. The highest BCUT2D eigenvalue weighted by Gasteiger charge is 2.26. The standard InChI is InChI=1S/C18H23N3O2/c1-12-11-21(13(2)22)8-7-16(12)19-10-15-9-14-5-3-4-6-17(14)20-18(15)23/h3-6,9,12,16,19H,7-8,10-11H2,1-2H3,(H,20,23)/t12-,16+/m0/s1. The van der Waals surface area contributed by atoms with Gasteiger partial charge in [0.15, 0.2) is 0 Å². The Morgan fingerprint density at radius 2 is 2.17 bits per heavy atom. The van der Waals surface area contributed by atoms with Gasteiger partial charge in [-0.05, 0) is 29.9 Å². The van der Waals surface area contributed by atoms with E-state index in [0.717, 1.165) is 36.0 Å². The average Bonchev–Trinajstić information content (AvgIpc) is 2.53. The second-order valence-corrected chi connectivity index (χ2v) is 6.43. The molecule has 1 fully saturated rings. The van der Waals surface area contributed by atoms with Crippen molar-refractivity contribution in [3.8, 4) is 0 Å². The van der Waals surface area contributed by atoms with Crippen LogP contribution in [0.3, 0.4) is 0 Å². The molecule has 23 heavy (non-hydrogen) atoms. The number of carbonyl (C=O) groups is 1. The Hall–Kier alpha value is -2.14. The van der Waals surface area contributed by atoms with Gasteiger partial charge >= 0.3 is 0 Å². The molecule has 1 saturated heterocycles. The highest BCUT2D eigenvalue weighted by Crippen LogP contribution is 2.17. The maximum atomic E-state index is 12.2. The Bertz CT molecular complexity index is 768. The van der Waals surface area contributed by atoms with Crippen LogP contribution in [0.2, 0.25) is 0 Å². The van der Waals surface area contributed by atoms with Crippen LogP contribution in [0.25, 0.3) is 10.9 Å². The number of amides is 1. The third kappa shape index (κ3) is 3.45. The lowest BCUT2D eigenvalue weighted by Crippen LogP contribution is -2.49. The molecule has 2 N–H and O–H groups in total. The van der Waals surface area contributed by atoms with E-state index in [2.05, 4.69) is 17.2 Å². The average molecular weight is 313 g/mol. The predicted octanol–water partition coefficient (Wildman–Crippen LogP) is 1.87. The third-order valence-corrected chi connectivity index (χ3v) is 4.74. The second kappa shape index (κ2) is 6.54. The Balaban J connectivity index is 1.68. The molecule has 1 aliphatic rings. The fourth-order valence-corrected chi connectivity index (χ4v) is 3.30. The van der Waals surface area contributed by atoms with Gasteiger partial charge in [0.1, 0.15) is 0 Å². The number of H-pyrrole nitrogens is 1. The molecular formula is C18H23N3O2. The number of hydrogen-bond donors (Lipinski definition) is 2. The van der Waals surface area contributed by atoms with E-state index in [1.807, 2.05) is 35.2 Å². The molecule has 0 aliphatic carbocycles. The molecule has 1 aliphatic heterocycles. The molecule has 2 heterocycles. The van der Waals surface area contributed by atoms with Crippen molar-refractivity contribution in [3.05, 3.63) is 46.2 Å². The molecule has 1 amide bonds. The van der Waals surface area contributed by atoms with Crippen LogP contribution in [0.1, 0.15) is 25.8 Å². The number of rotatable bonds is 3. The zero-order chi connectivity index (χ0) is 16.4. The van der Waals surface area contributed by atoms with Crippen LogP contribution in [0.5, 0.6) is 0 Å². The second-order valence-electron chi connectivity index (χ2n) is 6.43. The van der Waals surface area contributed by atoms with Crippen molar-refractivity contribution >= 4 is 16.8 Å². The van der Waals surface area contributed by atoms with Crippen LogP contribution in [-0.4, -0.2) is 34.9 Å². The highest BCUT2D eigenvalue weighted by atomic mass is 16.2. The van der Waals surface area contributed by atoms with Crippen LogP contribution >= 0.6 is 0 Å². The summed E-state index contributed by atoms with van der Waals surface area (Å²) < 4.78 is 0. The molecule has 0 bridgehead atoms. The Kier molecular flexibility index (Phi) is 4.48. The lowest BCUT2D eigenvalue weighted by Gasteiger charge is -2.37. The summed E-state index contributed by atoms with van der Waals surface area (Å²) in [7, 11) is 0. The summed E-state index contributed by atoms with van der Waals surface area (Å²) in [6.45, 7) is 5.88. The zero-order valence-electron chi connectivity index (χ0n) is 13.6. The summed E-state index contributed by atoms with van der Waals surface area (Å²) in [5.41, 5.74) is 1.58. The minimum absolute atomic E-state index is 0.0370. The number of piperidine rings is 1. The predicted molar refractivity (Wildman–Crippen MR) is 91.2 cm³/mol. The van der Waals surface area contributed by atoms with Gasteiger partial charge in [0.05, 0.1) is 0 Å². The molecule has 2 aromatic rings. The van der Waals surface area contributed by atoms with E-state index in [-0.39, 0.29) is 11.5 Å². The molecule has 0 radical (unpaired) electrons. The number of likely N-dealkylation sites (tertiary alicyclic amines) is 1. The van der Waals surface area contributed by atoms with Crippen molar-refractivity contribution in [2.45, 2.75) is 32.9 Å². The van der Waals surface area contributed by atoms with Gasteiger partial charge < -0.3 is 15.2 Å². The van der Waals surface area contributed by atoms with Gasteiger partial charge in [0.25, 0.3) is 5.56 Å². The lowest BCUT2D eigenvalue weighted by atomic mass is 9.93. The zero-order valence-corrected chi connectivity index (χ0v) is 13.6. The number of fused-ring (bicyclic) bond motifs is 1. The summed E-state index contributed by atoms with van der Waals surface area (Å²) in [6.07, 6.45) is 0.923. The maximum Gasteiger partial charge on any atom is 0.252 e. The summed E-state index contributed by atoms with van der Waals surface area (Å²) >= 11 is 0. The van der Waals surface area contributed by atoms with Crippen molar-refractivity contribution < 1.29 is 4.79 Å². The van der Waals surface area contributed by atoms with E-state index < -0.39 is 0 Å². The van der Waals surface area contributed by atoms with E-state index in [4.69, 9.17) is 0 Å². The van der Waals surface area contributed by atoms with Gasteiger partial charge in [-0.3, -0.25) is 9.59 Å². The minimum atomic E-state index is -0.0370. The van der Waals surface area contributed by atoms with Crippen LogP contribution in [0.15, 0.2) is 35.1 Å². The number of para-hydroxylation sites is 1. The fourth-order valence-electron chi connectivity index (χ4n) is 3.30. The summed E-state index contributed by atoms with van der Waals surface area (Å²) in [4.78, 5) is 28.5. The van der Waals surface area contributed by atoms with Crippen LogP contribution in [-0.2, 0) is 11.3 Å². The Labute approximate surface area is 135 Å². The van der Waals surface area contributed by atoms with E-state index in [1.165, 1.54) is 0 Å². The summed E-state index contributed by atoms with van der Waals surface area (Å²) in [6, 6.07) is 10.1. The van der Waals surface area contributed by atoms with Crippen molar-refractivity contribution in [1.29, 1.82) is 0 Å². The molecule has 5 heteroatoms. The number of pyridine rings is 1. The normalized spacial score (nSPS) is 21.6. The Morgan fingerprint density at radius 1 is 1.39 bits per heavy atom. The van der Waals surface area contributed by atoms with Crippen molar-refractivity contribution in [2.75, 3.05) is 13.1 Å². The number of aromatic nitrogens is 1. The van der Waals surface area contributed by atoms with Gasteiger partial charge in [-0.25, -0.2) is 0 Å². The maximum absolute atomic E-state index is 12.2. The molecule has 1 aromatic heterocycles. The first-order valence-electron chi connectivity index (χ1n) is 8.14. The SMILES string of the molecule is CC(=O)N1CC[C@@H](NCc2cc3ccccc3[nH]c2=O)[C@@H](C)C1. The Morgan fingerprint density at radius 3 is 2.91 bits per heavy atom. The topological polar surface area (TPSA) is 65.2 Å².